The van der Waals surface area contributed by atoms with Gasteiger partial charge in [0, 0.05) is 18.5 Å². The summed E-state index contributed by atoms with van der Waals surface area (Å²) in [5, 5.41) is 0. The highest BCUT2D eigenvalue weighted by Crippen LogP contribution is 2.48. The second kappa shape index (κ2) is 6.53. The van der Waals surface area contributed by atoms with Crippen LogP contribution in [0, 0.1) is 5.92 Å². The van der Waals surface area contributed by atoms with Gasteiger partial charge in [-0.2, -0.15) is 0 Å². The minimum Gasteiger partial charge on any atom is -0.464 e. The first-order valence-corrected chi connectivity index (χ1v) is 8.80. The van der Waals surface area contributed by atoms with Gasteiger partial charge in [-0.1, -0.05) is 33.1 Å². The van der Waals surface area contributed by atoms with Crippen LogP contribution in [0.1, 0.15) is 75.9 Å². The third kappa shape index (κ3) is 3.19. The summed E-state index contributed by atoms with van der Waals surface area (Å²) in [4.78, 5) is 2.58. The summed E-state index contributed by atoms with van der Waals surface area (Å²) >= 11 is 0. The molecular formula is C18H30N2O. The molecule has 3 heteroatoms. The predicted molar refractivity (Wildman–Crippen MR) is 86.3 cm³/mol. The predicted octanol–water partition coefficient (Wildman–Crippen LogP) is 4.06. The highest BCUT2D eigenvalue weighted by molar-refractivity contribution is 5.19. The van der Waals surface area contributed by atoms with Crippen LogP contribution in [0.3, 0.4) is 0 Å². The van der Waals surface area contributed by atoms with Crippen LogP contribution in [0.15, 0.2) is 16.5 Å². The smallest absolute Gasteiger partial charge is 0.122 e. The van der Waals surface area contributed by atoms with Crippen molar-refractivity contribution >= 4 is 0 Å². The number of rotatable bonds is 6. The number of hydrogen-bond acceptors (Lipinski definition) is 3. The van der Waals surface area contributed by atoms with Crippen molar-refractivity contribution in [1.29, 1.82) is 0 Å². The summed E-state index contributed by atoms with van der Waals surface area (Å²) in [7, 11) is 0. The topological polar surface area (TPSA) is 42.4 Å². The average molecular weight is 290 g/mol. The van der Waals surface area contributed by atoms with Crippen LogP contribution in [0.25, 0.3) is 0 Å². The van der Waals surface area contributed by atoms with E-state index in [9.17, 15) is 0 Å². The minimum atomic E-state index is 0.251. The summed E-state index contributed by atoms with van der Waals surface area (Å²) in [5.41, 5.74) is 6.11. The van der Waals surface area contributed by atoms with Gasteiger partial charge < -0.3 is 10.2 Å². The van der Waals surface area contributed by atoms with E-state index in [4.69, 9.17) is 10.2 Å². The van der Waals surface area contributed by atoms with Gasteiger partial charge in [0.1, 0.15) is 11.5 Å². The Labute approximate surface area is 128 Å². The summed E-state index contributed by atoms with van der Waals surface area (Å²) < 4.78 is 6.18. The quantitative estimate of drug-likeness (QED) is 0.859. The second-order valence-electron chi connectivity index (χ2n) is 6.93. The van der Waals surface area contributed by atoms with E-state index in [-0.39, 0.29) is 6.04 Å². The van der Waals surface area contributed by atoms with Gasteiger partial charge >= 0.3 is 0 Å². The Kier molecular flexibility index (Phi) is 4.70. The van der Waals surface area contributed by atoms with Crippen LogP contribution in [-0.2, 0) is 0 Å². The molecule has 2 N–H and O–H groups in total. The number of furan rings is 1. The molecule has 2 aliphatic rings. The van der Waals surface area contributed by atoms with E-state index in [1.54, 1.807) is 0 Å². The van der Waals surface area contributed by atoms with Crippen LogP contribution in [0.4, 0.5) is 0 Å². The minimum absolute atomic E-state index is 0.251. The normalized spacial score (nSPS) is 28.0. The largest absolute Gasteiger partial charge is 0.464 e. The maximum atomic E-state index is 6.18. The Hall–Kier alpha value is -0.800. The average Bonchev–Trinajstić information content (AvgIpc) is 3.06. The zero-order chi connectivity index (χ0) is 14.8. The SMILES string of the molecule is CCN(C1CCCCC1)C(CN)c1ccc(C2CC2C)o1. The maximum absolute atomic E-state index is 6.18. The molecule has 0 spiro atoms. The van der Waals surface area contributed by atoms with Crippen molar-refractivity contribution in [3.63, 3.8) is 0 Å². The lowest BCUT2D eigenvalue weighted by Crippen LogP contribution is -2.42. The lowest BCUT2D eigenvalue weighted by Gasteiger charge is -2.38. The zero-order valence-electron chi connectivity index (χ0n) is 13.6. The monoisotopic (exact) mass is 290 g/mol. The Morgan fingerprint density at radius 2 is 2.00 bits per heavy atom. The molecular weight excluding hydrogens is 260 g/mol. The molecule has 0 aliphatic heterocycles. The lowest BCUT2D eigenvalue weighted by molar-refractivity contribution is 0.100. The van der Waals surface area contributed by atoms with E-state index >= 15 is 0 Å². The molecule has 0 aromatic carbocycles. The highest BCUT2D eigenvalue weighted by Gasteiger charge is 2.37. The molecule has 3 nitrogen and oxygen atoms in total. The van der Waals surface area contributed by atoms with E-state index in [1.165, 1.54) is 44.3 Å². The molecule has 1 heterocycles. The van der Waals surface area contributed by atoms with Crippen molar-refractivity contribution in [3.8, 4) is 0 Å². The van der Waals surface area contributed by atoms with Crippen molar-refractivity contribution in [2.75, 3.05) is 13.1 Å². The van der Waals surface area contributed by atoms with Crippen molar-refractivity contribution < 1.29 is 4.42 Å². The Bertz CT molecular complexity index is 450. The lowest BCUT2D eigenvalue weighted by atomic mass is 9.93. The zero-order valence-corrected chi connectivity index (χ0v) is 13.6. The van der Waals surface area contributed by atoms with E-state index in [0.29, 0.717) is 18.5 Å². The van der Waals surface area contributed by atoms with E-state index in [1.807, 2.05) is 0 Å². The molecule has 0 radical (unpaired) electrons. The molecule has 21 heavy (non-hydrogen) atoms. The van der Waals surface area contributed by atoms with E-state index < -0.39 is 0 Å². The molecule has 0 amide bonds. The third-order valence-corrected chi connectivity index (χ3v) is 5.48. The van der Waals surface area contributed by atoms with Gasteiger partial charge in [-0.05, 0) is 43.9 Å². The fraction of sp³-hybridized carbons (Fsp3) is 0.778. The van der Waals surface area contributed by atoms with Crippen LogP contribution in [-0.4, -0.2) is 24.0 Å². The fourth-order valence-corrected chi connectivity index (χ4v) is 4.03. The molecule has 2 aliphatic carbocycles. The second-order valence-corrected chi connectivity index (χ2v) is 6.93. The van der Waals surface area contributed by atoms with Gasteiger partial charge in [0.2, 0.25) is 0 Å². The van der Waals surface area contributed by atoms with Crippen molar-refractivity contribution in [3.05, 3.63) is 23.7 Å². The van der Waals surface area contributed by atoms with Gasteiger partial charge in [0.05, 0.1) is 6.04 Å². The van der Waals surface area contributed by atoms with Gasteiger partial charge in [0.25, 0.3) is 0 Å². The first-order valence-electron chi connectivity index (χ1n) is 8.80. The number of nitrogens with zero attached hydrogens (tertiary/aromatic N) is 1. The number of nitrogens with two attached hydrogens (primary N) is 1. The molecule has 118 valence electrons. The van der Waals surface area contributed by atoms with Gasteiger partial charge in [0.15, 0.2) is 0 Å². The summed E-state index contributed by atoms with van der Waals surface area (Å²) in [5.74, 6) is 3.71. The van der Waals surface area contributed by atoms with Crippen molar-refractivity contribution in [1.82, 2.24) is 4.90 Å². The van der Waals surface area contributed by atoms with E-state index in [2.05, 4.69) is 30.9 Å². The molecule has 2 fully saturated rings. The first-order chi connectivity index (χ1) is 10.2. The standard InChI is InChI=1S/C18H30N2O/c1-3-20(14-7-5-4-6-8-14)16(12-19)18-10-9-17(21-18)15-11-13(15)2/h9-10,13-16H,3-8,11-12,19H2,1-2H3. The van der Waals surface area contributed by atoms with Crippen LogP contribution >= 0.6 is 0 Å². The maximum Gasteiger partial charge on any atom is 0.122 e. The Morgan fingerprint density at radius 1 is 1.29 bits per heavy atom. The van der Waals surface area contributed by atoms with E-state index in [0.717, 1.165) is 18.2 Å². The Balaban J connectivity index is 1.73. The molecule has 0 saturated heterocycles. The molecule has 1 aromatic rings. The third-order valence-electron chi connectivity index (χ3n) is 5.48. The molecule has 3 atom stereocenters. The molecule has 0 bridgehead atoms. The van der Waals surface area contributed by atoms with Crippen LogP contribution < -0.4 is 5.73 Å². The van der Waals surface area contributed by atoms with Crippen molar-refractivity contribution in [2.45, 2.75) is 70.4 Å². The van der Waals surface area contributed by atoms with Gasteiger partial charge in [-0.25, -0.2) is 0 Å². The van der Waals surface area contributed by atoms with Gasteiger partial charge in [-0.3, -0.25) is 4.90 Å². The number of hydrogen-bond donors (Lipinski definition) is 1. The first kappa shape index (κ1) is 15.1. The summed E-state index contributed by atoms with van der Waals surface area (Å²) in [6, 6.07) is 5.29. The molecule has 3 unspecified atom stereocenters. The number of likely N-dealkylation sites (N-methyl/N-ethyl adjacent to an activating group) is 1. The highest BCUT2D eigenvalue weighted by atomic mass is 16.3. The van der Waals surface area contributed by atoms with Crippen molar-refractivity contribution in [2.24, 2.45) is 11.7 Å². The van der Waals surface area contributed by atoms with Crippen LogP contribution in [0.5, 0.6) is 0 Å². The Morgan fingerprint density at radius 3 is 2.57 bits per heavy atom. The molecule has 3 rings (SSSR count). The summed E-state index contributed by atoms with van der Waals surface area (Å²) in [6.07, 6.45) is 8.03. The fourth-order valence-electron chi connectivity index (χ4n) is 4.03. The molecule has 1 aromatic heterocycles. The molecule has 2 saturated carbocycles. The van der Waals surface area contributed by atoms with Gasteiger partial charge in [-0.15, -0.1) is 0 Å². The summed E-state index contributed by atoms with van der Waals surface area (Å²) in [6.45, 7) is 6.26. The van der Waals surface area contributed by atoms with Crippen LogP contribution in [0.2, 0.25) is 0 Å².